The average Bonchev–Trinajstić information content (AvgIpc) is 3.17. The number of piperazine rings is 1. The zero-order valence-electron chi connectivity index (χ0n) is 15.2. The van der Waals surface area contributed by atoms with E-state index in [1.807, 2.05) is 36.9 Å². The molecule has 0 saturated carbocycles. The lowest BCUT2D eigenvalue weighted by molar-refractivity contribution is -0.142. The van der Waals surface area contributed by atoms with Crippen molar-refractivity contribution in [2.45, 2.75) is 25.4 Å². The number of ether oxygens (including phenoxy) is 1. The number of hydrogen-bond donors (Lipinski definition) is 0. The molecule has 25 heavy (non-hydrogen) atoms. The fourth-order valence-corrected chi connectivity index (χ4v) is 3.32. The number of rotatable bonds is 4. The Balaban J connectivity index is 1.84. The molecule has 7 nitrogen and oxygen atoms in total. The minimum absolute atomic E-state index is 0.0472. The van der Waals surface area contributed by atoms with Gasteiger partial charge in [0.25, 0.3) is 0 Å². The Morgan fingerprint density at radius 2 is 2.04 bits per heavy atom. The van der Waals surface area contributed by atoms with Crippen LogP contribution < -0.4 is 4.74 Å². The summed E-state index contributed by atoms with van der Waals surface area (Å²) in [4.78, 5) is 21.3. The largest absolute Gasteiger partial charge is 0.496 e. The number of carbonyl (C=O) groups excluding carboxylic acids is 1. The van der Waals surface area contributed by atoms with Gasteiger partial charge in [0.2, 0.25) is 5.91 Å². The highest BCUT2D eigenvalue weighted by molar-refractivity contribution is 5.83. The molecule has 2 heterocycles. The summed E-state index contributed by atoms with van der Waals surface area (Å²) < 4.78 is 7.13. The van der Waals surface area contributed by atoms with Crippen LogP contribution >= 0.6 is 0 Å². The standard InChI is InChI=1S/C18H25N5O2/c1-18(2,23-13-19-12-20-23)17(24)22-10-9-21(3)15(11-22)14-7-5-6-8-16(14)25-4/h5-8,12-13,15H,9-11H2,1-4H3/t15-/m1/s1. The van der Waals surface area contributed by atoms with E-state index in [4.69, 9.17) is 4.74 Å². The maximum atomic E-state index is 13.1. The van der Waals surface area contributed by atoms with Crippen LogP contribution in [0.25, 0.3) is 0 Å². The zero-order chi connectivity index (χ0) is 18.0. The van der Waals surface area contributed by atoms with E-state index >= 15 is 0 Å². The van der Waals surface area contributed by atoms with Gasteiger partial charge in [0.1, 0.15) is 23.9 Å². The van der Waals surface area contributed by atoms with E-state index in [0.717, 1.165) is 17.9 Å². The van der Waals surface area contributed by atoms with E-state index in [-0.39, 0.29) is 11.9 Å². The summed E-state index contributed by atoms with van der Waals surface area (Å²) >= 11 is 0. The molecule has 1 fully saturated rings. The van der Waals surface area contributed by atoms with Crippen LogP contribution in [0, 0.1) is 0 Å². The van der Waals surface area contributed by atoms with Crippen LogP contribution in [0.2, 0.25) is 0 Å². The average molecular weight is 343 g/mol. The topological polar surface area (TPSA) is 63.5 Å². The monoisotopic (exact) mass is 343 g/mol. The minimum atomic E-state index is -0.766. The Hall–Kier alpha value is -2.41. The third-order valence-corrected chi connectivity index (χ3v) is 4.95. The SMILES string of the molecule is COc1ccccc1[C@H]1CN(C(=O)C(C)(C)n2cncn2)CCN1C. The summed E-state index contributed by atoms with van der Waals surface area (Å²) in [5.41, 5.74) is 0.334. The zero-order valence-corrected chi connectivity index (χ0v) is 15.2. The number of aromatic nitrogens is 3. The van der Waals surface area contributed by atoms with Crippen LogP contribution in [0.1, 0.15) is 25.5 Å². The van der Waals surface area contributed by atoms with Crippen LogP contribution in [0.5, 0.6) is 5.75 Å². The van der Waals surface area contributed by atoms with Crippen molar-refractivity contribution in [2.24, 2.45) is 0 Å². The second-order valence-electron chi connectivity index (χ2n) is 6.89. The lowest BCUT2D eigenvalue weighted by Gasteiger charge is -2.42. The summed E-state index contributed by atoms with van der Waals surface area (Å²) in [5.74, 6) is 0.898. The van der Waals surface area contributed by atoms with Crippen molar-refractivity contribution in [3.8, 4) is 5.75 Å². The van der Waals surface area contributed by atoms with Gasteiger partial charge in [-0.25, -0.2) is 9.67 Å². The normalized spacial score (nSPS) is 19.0. The third kappa shape index (κ3) is 3.24. The molecular weight excluding hydrogens is 318 g/mol. The lowest BCUT2D eigenvalue weighted by Crippen LogP contribution is -2.55. The summed E-state index contributed by atoms with van der Waals surface area (Å²) in [6, 6.07) is 8.09. The van der Waals surface area contributed by atoms with Gasteiger partial charge < -0.3 is 9.64 Å². The molecule has 1 aliphatic rings. The van der Waals surface area contributed by atoms with E-state index < -0.39 is 5.54 Å². The summed E-state index contributed by atoms with van der Waals surface area (Å²) in [6.07, 6.45) is 3.04. The molecule has 1 aliphatic heterocycles. The Morgan fingerprint density at radius 3 is 2.72 bits per heavy atom. The fraction of sp³-hybridized carbons (Fsp3) is 0.500. The molecule has 0 bridgehead atoms. The molecule has 1 amide bonds. The van der Waals surface area contributed by atoms with Crippen molar-refractivity contribution >= 4 is 5.91 Å². The van der Waals surface area contributed by atoms with Gasteiger partial charge in [-0.3, -0.25) is 9.69 Å². The molecule has 134 valence electrons. The van der Waals surface area contributed by atoms with Crippen LogP contribution in [0.3, 0.4) is 0 Å². The summed E-state index contributed by atoms with van der Waals surface area (Å²) in [7, 11) is 3.76. The maximum absolute atomic E-state index is 13.1. The summed E-state index contributed by atoms with van der Waals surface area (Å²) in [6.45, 7) is 5.87. The van der Waals surface area contributed by atoms with Crippen molar-refractivity contribution in [1.82, 2.24) is 24.6 Å². The number of para-hydroxylation sites is 1. The first-order valence-corrected chi connectivity index (χ1v) is 8.42. The van der Waals surface area contributed by atoms with Gasteiger partial charge in [0.05, 0.1) is 13.2 Å². The van der Waals surface area contributed by atoms with Crippen LogP contribution in [0.15, 0.2) is 36.9 Å². The third-order valence-electron chi connectivity index (χ3n) is 4.95. The van der Waals surface area contributed by atoms with Gasteiger partial charge in [-0.1, -0.05) is 18.2 Å². The molecule has 0 spiro atoms. The minimum Gasteiger partial charge on any atom is -0.496 e. The van der Waals surface area contributed by atoms with Gasteiger partial charge in [-0.15, -0.1) is 0 Å². The predicted octanol–water partition coefficient (Wildman–Crippen LogP) is 1.54. The van der Waals surface area contributed by atoms with E-state index in [0.29, 0.717) is 13.1 Å². The van der Waals surface area contributed by atoms with Crippen LogP contribution in [-0.2, 0) is 10.3 Å². The number of likely N-dealkylation sites (N-methyl/N-ethyl adjacent to an activating group) is 1. The second kappa shape index (κ2) is 6.84. The van der Waals surface area contributed by atoms with E-state index in [1.54, 1.807) is 18.1 Å². The highest BCUT2D eigenvalue weighted by Crippen LogP contribution is 2.32. The van der Waals surface area contributed by atoms with E-state index in [9.17, 15) is 4.79 Å². The first kappa shape index (κ1) is 17.4. The molecule has 1 saturated heterocycles. The molecular formula is C18H25N5O2. The van der Waals surface area contributed by atoms with Crippen molar-refractivity contribution in [2.75, 3.05) is 33.8 Å². The van der Waals surface area contributed by atoms with Crippen molar-refractivity contribution < 1.29 is 9.53 Å². The Labute approximate surface area is 148 Å². The summed E-state index contributed by atoms with van der Waals surface area (Å²) in [5, 5.41) is 4.15. The number of benzene rings is 1. The highest BCUT2D eigenvalue weighted by Gasteiger charge is 2.38. The highest BCUT2D eigenvalue weighted by atomic mass is 16.5. The second-order valence-corrected chi connectivity index (χ2v) is 6.89. The van der Waals surface area contributed by atoms with E-state index in [2.05, 4.69) is 28.1 Å². The van der Waals surface area contributed by atoms with Crippen LogP contribution in [-0.4, -0.2) is 64.3 Å². The fourth-order valence-electron chi connectivity index (χ4n) is 3.32. The van der Waals surface area contributed by atoms with Gasteiger partial charge in [-0.2, -0.15) is 5.10 Å². The number of amides is 1. The number of carbonyl (C=O) groups is 1. The lowest BCUT2D eigenvalue weighted by atomic mass is 9.98. The molecule has 0 N–H and O–H groups in total. The molecule has 1 atom stereocenters. The molecule has 2 aromatic rings. The molecule has 0 unspecified atom stereocenters. The Kier molecular flexibility index (Phi) is 4.76. The Bertz CT molecular complexity index is 729. The first-order valence-electron chi connectivity index (χ1n) is 8.42. The predicted molar refractivity (Wildman–Crippen MR) is 94.3 cm³/mol. The van der Waals surface area contributed by atoms with Crippen molar-refractivity contribution in [3.63, 3.8) is 0 Å². The number of nitrogens with zero attached hydrogens (tertiary/aromatic N) is 5. The maximum Gasteiger partial charge on any atom is 0.250 e. The molecule has 1 aromatic heterocycles. The van der Waals surface area contributed by atoms with Gasteiger partial charge >= 0.3 is 0 Å². The van der Waals surface area contributed by atoms with Crippen molar-refractivity contribution in [1.29, 1.82) is 0 Å². The Morgan fingerprint density at radius 1 is 1.28 bits per heavy atom. The number of hydrogen-bond acceptors (Lipinski definition) is 5. The molecule has 0 radical (unpaired) electrons. The van der Waals surface area contributed by atoms with Gasteiger partial charge in [-0.05, 0) is 27.0 Å². The van der Waals surface area contributed by atoms with Gasteiger partial charge in [0.15, 0.2) is 0 Å². The smallest absolute Gasteiger partial charge is 0.250 e. The molecule has 3 rings (SSSR count). The van der Waals surface area contributed by atoms with Gasteiger partial charge in [0, 0.05) is 25.2 Å². The van der Waals surface area contributed by atoms with Crippen molar-refractivity contribution in [3.05, 3.63) is 42.5 Å². The molecule has 1 aromatic carbocycles. The quantitative estimate of drug-likeness (QED) is 0.843. The molecule has 0 aliphatic carbocycles. The molecule has 7 heteroatoms. The van der Waals surface area contributed by atoms with E-state index in [1.165, 1.54) is 6.33 Å². The van der Waals surface area contributed by atoms with Crippen LogP contribution in [0.4, 0.5) is 0 Å². The number of methoxy groups -OCH3 is 1. The first-order chi connectivity index (χ1) is 11.9.